The average molecular weight is 209 g/mol. The van der Waals surface area contributed by atoms with E-state index in [9.17, 15) is 0 Å². The molecule has 0 saturated heterocycles. The van der Waals surface area contributed by atoms with Crippen LogP contribution in [0, 0.1) is 16.7 Å². The van der Waals surface area contributed by atoms with E-state index in [-0.39, 0.29) is 0 Å². The third-order valence-corrected chi connectivity index (χ3v) is 3.16. The highest BCUT2D eigenvalue weighted by atomic mass is 15.1. The molecule has 1 saturated carbocycles. The van der Waals surface area contributed by atoms with Gasteiger partial charge in [0.2, 0.25) is 0 Å². The molecule has 0 amide bonds. The number of hydrogen-bond donors (Lipinski definition) is 0. The highest BCUT2D eigenvalue weighted by Gasteiger charge is 2.42. The Bertz CT molecular complexity index is 226. The molecule has 1 rings (SSSR count). The van der Waals surface area contributed by atoms with Crippen molar-refractivity contribution < 1.29 is 0 Å². The lowest BCUT2D eigenvalue weighted by atomic mass is 10.0. The summed E-state index contributed by atoms with van der Waals surface area (Å²) in [4.78, 5) is 4.60. The van der Waals surface area contributed by atoms with E-state index in [1.54, 1.807) is 0 Å². The van der Waals surface area contributed by atoms with Gasteiger partial charge in [0.15, 0.2) is 0 Å². The molecule has 0 aromatic carbocycles. The van der Waals surface area contributed by atoms with Crippen LogP contribution in [0.15, 0.2) is 0 Å². The monoisotopic (exact) mass is 209 g/mol. The van der Waals surface area contributed by atoms with Crippen LogP contribution in [-0.2, 0) is 0 Å². The Balaban J connectivity index is 2.13. The molecule has 0 N–H and O–H groups in total. The fourth-order valence-electron chi connectivity index (χ4n) is 2.04. The second-order valence-corrected chi connectivity index (χ2v) is 5.23. The summed E-state index contributed by atoms with van der Waals surface area (Å²) >= 11 is 0. The summed E-state index contributed by atoms with van der Waals surface area (Å²) in [5.41, 5.74) is 0.363. The first kappa shape index (κ1) is 12.5. The van der Waals surface area contributed by atoms with Crippen molar-refractivity contribution in [3.05, 3.63) is 0 Å². The Labute approximate surface area is 93.7 Å². The minimum absolute atomic E-state index is 0.363. The van der Waals surface area contributed by atoms with Crippen LogP contribution in [0.25, 0.3) is 0 Å². The maximum absolute atomic E-state index is 8.73. The zero-order chi connectivity index (χ0) is 11.3. The summed E-state index contributed by atoms with van der Waals surface area (Å²) in [7, 11) is 6.39. The predicted molar refractivity (Wildman–Crippen MR) is 62.6 cm³/mol. The van der Waals surface area contributed by atoms with Gasteiger partial charge in [-0.25, -0.2) is 0 Å². The van der Waals surface area contributed by atoms with Crippen molar-refractivity contribution in [3.8, 4) is 6.07 Å². The van der Waals surface area contributed by atoms with Gasteiger partial charge in [-0.3, -0.25) is 0 Å². The van der Waals surface area contributed by atoms with Gasteiger partial charge in [-0.2, -0.15) is 5.26 Å². The first-order valence-corrected chi connectivity index (χ1v) is 5.78. The van der Waals surface area contributed by atoms with Gasteiger partial charge < -0.3 is 9.80 Å². The summed E-state index contributed by atoms with van der Waals surface area (Å²) in [6.07, 6.45) is 4.45. The molecule has 0 aliphatic heterocycles. The predicted octanol–water partition coefficient (Wildman–Crippen LogP) is 1.56. The summed E-state index contributed by atoms with van der Waals surface area (Å²) in [5, 5.41) is 8.73. The van der Waals surface area contributed by atoms with Gasteiger partial charge in [-0.1, -0.05) is 0 Å². The van der Waals surface area contributed by atoms with E-state index in [1.807, 2.05) is 0 Å². The van der Waals surface area contributed by atoms with Crippen LogP contribution in [0.4, 0.5) is 0 Å². The Morgan fingerprint density at radius 2 is 1.87 bits per heavy atom. The molecule has 0 aromatic rings. The van der Waals surface area contributed by atoms with Crippen molar-refractivity contribution in [2.24, 2.45) is 5.41 Å². The third-order valence-electron chi connectivity index (χ3n) is 3.16. The molecule has 3 nitrogen and oxygen atoms in total. The van der Waals surface area contributed by atoms with Crippen molar-refractivity contribution in [1.29, 1.82) is 5.26 Å². The van der Waals surface area contributed by atoms with Crippen LogP contribution in [0.3, 0.4) is 0 Å². The Kier molecular flexibility index (Phi) is 4.56. The zero-order valence-electron chi connectivity index (χ0n) is 10.3. The number of hydrogen-bond acceptors (Lipinski definition) is 3. The molecule has 0 heterocycles. The van der Waals surface area contributed by atoms with E-state index in [0.717, 1.165) is 26.1 Å². The highest BCUT2D eigenvalue weighted by molar-refractivity contribution is 5.00. The molecule has 3 heteroatoms. The quantitative estimate of drug-likeness (QED) is 0.637. The second-order valence-electron chi connectivity index (χ2n) is 5.23. The standard InChI is InChI=1S/C12H23N3/c1-14(2)9-4-10-15(3)11-12(5-6-12)7-8-13/h4-7,9-11H2,1-3H3. The number of nitrogens with zero attached hydrogens (tertiary/aromatic N) is 3. The molecule has 15 heavy (non-hydrogen) atoms. The number of rotatable bonds is 7. The van der Waals surface area contributed by atoms with Gasteiger partial charge in [0.05, 0.1) is 6.07 Å². The molecule has 1 aliphatic carbocycles. The maximum Gasteiger partial charge on any atom is 0.0628 e. The zero-order valence-corrected chi connectivity index (χ0v) is 10.3. The fourth-order valence-corrected chi connectivity index (χ4v) is 2.04. The van der Waals surface area contributed by atoms with Crippen molar-refractivity contribution in [1.82, 2.24) is 9.80 Å². The topological polar surface area (TPSA) is 30.3 Å². The van der Waals surface area contributed by atoms with E-state index in [0.29, 0.717) is 5.41 Å². The normalized spacial score (nSPS) is 18.1. The largest absolute Gasteiger partial charge is 0.309 e. The second kappa shape index (κ2) is 5.48. The van der Waals surface area contributed by atoms with Gasteiger partial charge >= 0.3 is 0 Å². The van der Waals surface area contributed by atoms with E-state index >= 15 is 0 Å². The fraction of sp³-hybridized carbons (Fsp3) is 0.917. The smallest absolute Gasteiger partial charge is 0.0628 e. The summed E-state index contributed by atoms with van der Waals surface area (Å²) in [6.45, 7) is 3.40. The molecule has 0 unspecified atom stereocenters. The first-order chi connectivity index (χ1) is 7.08. The summed E-state index contributed by atoms with van der Waals surface area (Å²) in [6, 6.07) is 2.32. The van der Waals surface area contributed by atoms with Gasteiger partial charge in [0.1, 0.15) is 0 Å². The van der Waals surface area contributed by atoms with Crippen LogP contribution in [0.1, 0.15) is 25.7 Å². The minimum atomic E-state index is 0.363. The molecule has 0 bridgehead atoms. The molecule has 86 valence electrons. The van der Waals surface area contributed by atoms with Crippen LogP contribution in [-0.4, -0.2) is 50.6 Å². The lowest BCUT2D eigenvalue weighted by molar-refractivity contribution is 0.249. The Morgan fingerprint density at radius 1 is 1.20 bits per heavy atom. The molecule has 1 fully saturated rings. The van der Waals surface area contributed by atoms with Gasteiger partial charge in [0, 0.05) is 13.0 Å². The summed E-state index contributed by atoms with van der Waals surface area (Å²) < 4.78 is 0. The molecule has 0 radical (unpaired) electrons. The summed E-state index contributed by atoms with van der Waals surface area (Å²) in [5.74, 6) is 0. The number of nitriles is 1. The van der Waals surface area contributed by atoms with E-state index in [2.05, 4.69) is 37.0 Å². The van der Waals surface area contributed by atoms with Crippen molar-refractivity contribution in [2.45, 2.75) is 25.7 Å². The SMILES string of the molecule is CN(C)CCCN(C)CC1(CC#N)CC1. The van der Waals surface area contributed by atoms with E-state index in [4.69, 9.17) is 5.26 Å². The first-order valence-electron chi connectivity index (χ1n) is 5.78. The molecule has 0 aromatic heterocycles. The lowest BCUT2D eigenvalue weighted by Gasteiger charge is -2.22. The van der Waals surface area contributed by atoms with Gasteiger partial charge in [-0.15, -0.1) is 0 Å². The maximum atomic E-state index is 8.73. The van der Waals surface area contributed by atoms with Crippen molar-refractivity contribution >= 4 is 0 Å². The van der Waals surface area contributed by atoms with Crippen molar-refractivity contribution in [3.63, 3.8) is 0 Å². The Hall–Kier alpha value is -0.590. The van der Waals surface area contributed by atoms with Crippen LogP contribution < -0.4 is 0 Å². The van der Waals surface area contributed by atoms with Crippen molar-refractivity contribution in [2.75, 3.05) is 40.8 Å². The van der Waals surface area contributed by atoms with E-state index in [1.165, 1.54) is 19.3 Å². The lowest BCUT2D eigenvalue weighted by Crippen LogP contribution is -2.29. The van der Waals surface area contributed by atoms with E-state index < -0.39 is 0 Å². The minimum Gasteiger partial charge on any atom is -0.309 e. The van der Waals surface area contributed by atoms with Crippen LogP contribution in [0.5, 0.6) is 0 Å². The third kappa shape index (κ3) is 4.63. The van der Waals surface area contributed by atoms with Gasteiger partial charge in [0.25, 0.3) is 0 Å². The molecule has 1 aliphatic rings. The molecule has 0 spiro atoms. The molecular formula is C12H23N3. The highest BCUT2D eigenvalue weighted by Crippen LogP contribution is 2.48. The average Bonchev–Trinajstić information content (AvgIpc) is 2.84. The molecular weight excluding hydrogens is 186 g/mol. The van der Waals surface area contributed by atoms with Crippen LogP contribution >= 0.6 is 0 Å². The van der Waals surface area contributed by atoms with Gasteiger partial charge in [-0.05, 0) is 58.9 Å². The Morgan fingerprint density at radius 3 is 2.33 bits per heavy atom. The van der Waals surface area contributed by atoms with Crippen LogP contribution in [0.2, 0.25) is 0 Å². The molecule has 0 atom stereocenters.